The molecule has 1 heterocycles. The number of amides is 1. The van der Waals surface area contributed by atoms with Gasteiger partial charge in [0.25, 0.3) is 11.5 Å². The Hall–Kier alpha value is -2.43. The first-order valence-corrected chi connectivity index (χ1v) is 7.96. The molecular weight excluding hydrogens is 290 g/mol. The highest BCUT2D eigenvalue weighted by atomic mass is 16.1. The van der Waals surface area contributed by atoms with Crippen LogP contribution in [0.2, 0.25) is 0 Å². The highest BCUT2D eigenvalue weighted by Gasteiger charge is 2.25. The monoisotopic (exact) mass is 311 g/mol. The Morgan fingerprint density at radius 1 is 1.22 bits per heavy atom. The van der Waals surface area contributed by atoms with Crippen molar-refractivity contribution in [3.8, 4) is 0 Å². The van der Waals surface area contributed by atoms with E-state index in [1.165, 1.54) is 4.57 Å². The highest BCUT2D eigenvalue weighted by molar-refractivity contribution is 5.94. The summed E-state index contributed by atoms with van der Waals surface area (Å²) in [5, 5.41) is 2.85. The molecule has 0 saturated heterocycles. The normalized spacial score (nSPS) is 13.8. The Balaban J connectivity index is 1.58. The van der Waals surface area contributed by atoms with E-state index in [1.807, 2.05) is 32.0 Å². The molecule has 0 radical (unpaired) electrons. The third-order valence-electron chi connectivity index (χ3n) is 4.02. The smallest absolute Gasteiger partial charge is 0.253 e. The zero-order valence-corrected chi connectivity index (χ0v) is 13.5. The molecule has 0 aliphatic heterocycles. The van der Waals surface area contributed by atoms with Gasteiger partial charge < -0.3 is 5.32 Å². The fraction of sp³-hybridized carbons (Fsp3) is 0.389. The van der Waals surface area contributed by atoms with Crippen LogP contribution in [0.5, 0.6) is 0 Å². The van der Waals surface area contributed by atoms with Crippen LogP contribution < -0.4 is 10.9 Å². The summed E-state index contributed by atoms with van der Waals surface area (Å²) >= 11 is 0. The van der Waals surface area contributed by atoms with Crippen molar-refractivity contribution in [3.05, 3.63) is 63.3 Å². The van der Waals surface area contributed by atoms with Gasteiger partial charge in [0.2, 0.25) is 0 Å². The van der Waals surface area contributed by atoms with E-state index in [0.29, 0.717) is 24.6 Å². The number of rotatable bonds is 5. The van der Waals surface area contributed by atoms with Gasteiger partial charge in [0, 0.05) is 30.6 Å². The van der Waals surface area contributed by atoms with Crippen molar-refractivity contribution in [3.63, 3.8) is 0 Å². The summed E-state index contributed by atoms with van der Waals surface area (Å²) in [6.07, 6.45) is 3.84. The number of carbonyl (C=O) groups excluding carboxylic acids is 1. The quantitative estimate of drug-likeness (QED) is 0.920. The summed E-state index contributed by atoms with van der Waals surface area (Å²) in [7, 11) is 0. The topological polar surface area (TPSA) is 64.0 Å². The summed E-state index contributed by atoms with van der Waals surface area (Å²) in [4.78, 5) is 28.5. The average Bonchev–Trinajstić information content (AvgIpc) is 3.32. The zero-order valence-electron chi connectivity index (χ0n) is 13.5. The van der Waals surface area contributed by atoms with Gasteiger partial charge in [-0.05, 0) is 38.8 Å². The first-order chi connectivity index (χ1) is 11.0. The molecule has 5 heteroatoms. The predicted octanol–water partition coefficient (Wildman–Crippen LogP) is 2.17. The SMILES string of the molecule is Cc1cc(C)cc(C(=O)NCCn2cnc(C3CC3)cc2=O)c1. The molecule has 1 N–H and O–H groups in total. The zero-order chi connectivity index (χ0) is 16.4. The van der Waals surface area contributed by atoms with Crippen molar-refractivity contribution in [1.29, 1.82) is 0 Å². The minimum Gasteiger partial charge on any atom is -0.350 e. The van der Waals surface area contributed by atoms with Crippen molar-refractivity contribution in [2.45, 2.75) is 39.2 Å². The van der Waals surface area contributed by atoms with Crippen LogP contribution in [0.1, 0.15) is 45.9 Å². The number of hydrogen-bond acceptors (Lipinski definition) is 3. The molecule has 1 aliphatic rings. The van der Waals surface area contributed by atoms with Crippen molar-refractivity contribution in [2.24, 2.45) is 0 Å². The van der Waals surface area contributed by atoms with Crippen molar-refractivity contribution < 1.29 is 4.79 Å². The average molecular weight is 311 g/mol. The van der Waals surface area contributed by atoms with E-state index in [1.54, 1.807) is 12.4 Å². The molecule has 1 aliphatic carbocycles. The van der Waals surface area contributed by atoms with Crippen LogP contribution in [0.3, 0.4) is 0 Å². The largest absolute Gasteiger partial charge is 0.350 e. The number of aryl methyl sites for hydroxylation is 2. The molecule has 1 aromatic heterocycles. The summed E-state index contributed by atoms with van der Waals surface area (Å²) in [6, 6.07) is 7.37. The summed E-state index contributed by atoms with van der Waals surface area (Å²) < 4.78 is 1.54. The van der Waals surface area contributed by atoms with Crippen LogP contribution in [0.25, 0.3) is 0 Å². The number of carbonyl (C=O) groups is 1. The molecule has 1 fully saturated rings. The second-order valence-electron chi connectivity index (χ2n) is 6.25. The molecule has 1 amide bonds. The third kappa shape index (κ3) is 3.86. The Morgan fingerprint density at radius 2 is 1.91 bits per heavy atom. The first kappa shape index (κ1) is 15.5. The number of aromatic nitrogens is 2. The van der Waals surface area contributed by atoms with Crippen LogP contribution in [0.15, 0.2) is 35.4 Å². The molecule has 0 unspecified atom stereocenters. The minimum atomic E-state index is -0.118. The van der Waals surface area contributed by atoms with Gasteiger partial charge in [0.15, 0.2) is 0 Å². The number of nitrogens with zero attached hydrogens (tertiary/aromatic N) is 2. The van der Waals surface area contributed by atoms with E-state index in [2.05, 4.69) is 10.3 Å². The highest BCUT2D eigenvalue weighted by Crippen LogP contribution is 2.38. The van der Waals surface area contributed by atoms with Gasteiger partial charge in [-0.3, -0.25) is 14.2 Å². The second-order valence-corrected chi connectivity index (χ2v) is 6.25. The lowest BCUT2D eigenvalue weighted by atomic mass is 10.1. The van der Waals surface area contributed by atoms with Crippen molar-refractivity contribution in [2.75, 3.05) is 6.54 Å². The molecule has 0 atom stereocenters. The van der Waals surface area contributed by atoms with Gasteiger partial charge in [-0.15, -0.1) is 0 Å². The molecule has 5 nitrogen and oxygen atoms in total. The number of benzene rings is 1. The fourth-order valence-electron chi connectivity index (χ4n) is 2.71. The molecule has 3 rings (SSSR count). The maximum absolute atomic E-state index is 12.2. The van der Waals surface area contributed by atoms with Crippen LogP contribution in [0, 0.1) is 13.8 Å². The minimum absolute atomic E-state index is 0.0532. The van der Waals surface area contributed by atoms with E-state index in [0.717, 1.165) is 29.7 Å². The maximum atomic E-state index is 12.2. The molecular formula is C18H21N3O2. The Bertz CT molecular complexity index is 771. The molecule has 2 aromatic rings. The standard InChI is InChI=1S/C18H21N3O2/c1-12-7-13(2)9-15(8-12)18(23)19-5-6-21-11-20-16(10-17(21)22)14-3-4-14/h7-11,14H,3-6H2,1-2H3,(H,19,23). The van der Waals surface area contributed by atoms with Crippen LogP contribution in [-0.2, 0) is 6.54 Å². The van der Waals surface area contributed by atoms with Crippen molar-refractivity contribution >= 4 is 5.91 Å². The van der Waals surface area contributed by atoms with E-state index in [4.69, 9.17) is 0 Å². The van der Waals surface area contributed by atoms with Gasteiger partial charge in [0.1, 0.15) is 0 Å². The van der Waals surface area contributed by atoms with Crippen LogP contribution in [-0.4, -0.2) is 22.0 Å². The molecule has 23 heavy (non-hydrogen) atoms. The lowest BCUT2D eigenvalue weighted by Crippen LogP contribution is -2.31. The molecule has 0 spiro atoms. The van der Waals surface area contributed by atoms with E-state index in [9.17, 15) is 9.59 Å². The number of nitrogens with one attached hydrogen (secondary N) is 1. The van der Waals surface area contributed by atoms with Gasteiger partial charge in [-0.25, -0.2) is 4.98 Å². The summed E-state index contributed by atoms with van der Waals surface area (Å²) in [5.41, 5.74) is 3.61. The Labute approximate surface area is 135 Å². The molecule has 0 bridgehead atoms. The van der Waals surface area contributed by atoms with Gasteiger partial charge in [-0.2, -0.15) is 0 Å². The van der Waals surface area contributed by atoms with E-state index < -0.39 is 0 Å². The fourth-order valence-corrected chi connectivity index (χ4v) is 2.71. The van der Waals surface area contributed by atoms with Gasteiger partial charge >= 0.3 is 0 Å². The van der Waals surface area contributed by atoms with Crippen LogP contribution in [0.4, 0.5) is 0 Å². The van der Waals surface area contributed by atoms with E-state index in [-0.39, 0.29) is 11.5 Å². The lowest BCUT2D eigenvalue weighted by Gasteiger charge is -2.09. The van der Waals surface area contributed by atoms with Crippen LogP contribution >= 0.6 is 0 Å². The molecule has 120 valence electrons. The lowest BCUT2D eigenvalue weighted by molar-refractivity contribution is 0.0952. The second kappa shape index (κ2) is 6.36. The first-order valence-electron chi connectivity index (χ1n) is 7.96. The molecule has 1 aromatic carbocycles. The summed E-state index contributed by atoms with van der Waals surface area (Å²) in [5.74, 6) is 0.356. The van der Waals surface area contributed by atoms with E-state index >= 15 is 0 Å². The maximum Gasteiger partial charge on any atom is 0.253 e. The number of hydrogen-bond donors (Lipinski definition) is 1. The Kier molecular flexibility index (Phi) is 4.28. The predicted molar refractivity (Wildman–Crippen MR) is 88.7 cm³/mol. The third-order valence-corrected chi connectivity index (χ3v) is 4.02. The summed E-state index contributed by atoms with van der Waals surface area (Å²) in [6.45, 7) is 4.76. The molecule has 1 saturated carbocycles. The Morgan fingerprint density at radius 3 is 2.52 bits per heavy atom. The van der Waals surface area contributed by atoms with Gasteiger partial charge in [0.05, 0.1) is 12.0 Å². The van der Waals surface area contributed by atoms with Crippen molar-refractivity contribution in [1.82, 2.24) is 14.9 Å². The van der Waals surface area contributed by atoms with Gasteiger partial charge in [-0.1, -0.05) is 17.2 Å².